The normalized spacial score (nSPS) is 11.2. The fourth-order valence-corrected chi connectivity index (χ4v) is 3.52. The number of halogens is 2. The molecule has 0 aliphatic carbocycles. The third-order valence-electron chi connectivity index (χ3n) is 3.86. The largest absolute Gasteiger partial charge is 0.465 e. The van der Waals surface area contributed by atoms with E-state index in [2.05, 4.69) is 15.9 Å². The lowest BCUT2D eigenvalue weighted by atomic mass is 10.1. The first-order valence-electron chi connectivity index (χ1n) is 7.50. The van der Waals surface area contributed by atoms with Crippen LogP contribution in [-0.4, -0.2) is 17.1 Å². The van der Waals surface area contributed by atoms with Crippen LogP contribution in [0.15, 0.2) is 39.6 Å². The Morgan fingerprint density at radius 2 is 1.96 bits per heavy atom. The zero-order chi connectivity index (χ0) is 17.4. The summed E-state index contributed by atoms with van der Waals surface area (Å²) in [6.45, 7) is 4.01. The average molecular weight is 409 g/mol. The van der Waals surface area contributed by atoms with Crippen LogP contribution < -0.4 is 5.43 Å². The minimum atomic E-state index is -0.364. The van der Waals surface area contributed by atoms with Crippen molar-refractivity contribution in [1.82, 2.24) is 4.57 Å². The highest BCUT2D eigenvalue weighted by Gasteiger charge is 2.17. The fourth-order valence-electron chi connectivity index (χ4n) is 2.81. The first-order chi connectivity index (χ1) is 11.4. The van der Waals surface area contributed by atoms with Gasteiger partial charge < -0.3 is 9.30 Å². The molecule has 0 N–H and O–H groups in total. The predicted molar refractivity (Wildman–Crippen MR) is 99.8 cm³/mol. The highest BCUT2D eigenvalue weighted by Crippen LogP contribution is 2.32. The van der Waals surface area contributed by atoms with Crippen LogP contribution in [-0.2, 0) is 16.1 Å². The van der Waals surface area contributed by atoms with E-state index in [0.717, 1.165) is 5.56 Å². The maximum Gasteiger partial charge on any atom is 0.325 e. The summed E-state index contributed by atoms with van der Waals surface area (Å²) in [4.78, 5) is 24.9. The van der Waals surface area contributed by atoms with Gasteiger partial charge >= 0.3 is 5.97 Å². The quantitative estimate of drug-likeness (QED) is 0.475. The molecule has 0 fully saturated rings. The first-order valence-corrected chi connectivity index (χ1v) is 8.67. The van der Waals surface area contributed by atoms with Gasteiger partial charge in [0, 0.05) is 10.8 Å². The number of rotatable bonds is 3. The lowest BCUT2D eigenvalue weighted by molar-refractivity contribution is -0.143. The molecule has 0 saturated heterocycles. The van der Waals surface area contributed by atoms with E-state index in [-0.39, 0.29) is 17.9 Å². The lowest BCUT2D eigenvalue weighted by Crippen LogP contribution is -2.18. The van der Waals surface area contributed by atoms with E-state index in [1.54, 1.807) is 29.7 Å². The number of benzene rings is 2. The summed E-state index contributed by atoms with van der Waals surface area (Å²) >= 11 is 9.67. The minimum absolute atomic E-state index is 0.00349. The Hall–Kier alpha value is -1.85. The van der Waals surface area contributed by atoms with Gasteiger partial charge in [-0.25, -0.2) is 0 Å². The molecule has 0 radical (unpaired) electrons. The van der Waals surface area contributed by atoms with E-state index in [4.69, 9.17) is 16.3 Å². The number of aromatic nitrogens is 1. The Morgan fingerprint density at radius 1 is 1.25 bits per heavy atom. The molecule has 0 aliphatic rings. The zero-order valence-electron chi connectivity index (χ0n) is 13.2. The standard InChI is InChI=1S/C18H15BrClNO3/c1-3-24-15(22)9-21-14-8-10(2)4-5-11(14)18(23)12-6-7-13(20)16(19)17(12)21/h4-8H,3,9H2,1-2H3. The summed E-state index contributed by atoms with van der Waals surface area (Å²) < 4.78 is 7.46. The van der Waals surface area contributed by atoms with Crippen LogP contribution in [0, 0.1) is 6.92 Å². The molecule has 0 aliphatic heterocycles. The van der Waals surface area contributed by atoms with Gasteiger partial charge in [-0.1, -0.05) is 17.7 Å². The summed E-state index contributed by atoms with van der Waals surface area (Å²) in [7, 11) is 0. The molecule has 0 atom stereocenters. The predicted octanol–water partition coefficient (Wildman–Crippen LogP) is 4.44. The van der Waals surface area contributed by atoms with Gasteiger partial charge in [0.05, 0.1) is 27.1 Å². The van der Waals surface area contributed by atoms with Crippen molar-refractivity contribution in [2.45, 2.75) is 20.4 Å². The summed E-state index contributed by atoms with van der Waals surface area (Å²) in [6.07, 6.45) is 0. The third kappa shape index (κ3) is 2.82. The molecular weight excluding hydrogens is 394 g/mol. The first kappa shape index (κ1) is 17.0. The second-order valence-electron chi connectivity index (χ2n) is 5.50. The van der Waals surface area contributed by atoms with Crippen molar-refractivity contribution in [2.75, 3.05) is 6.61 Å². The molecule has 0 saturated carbocycles. The highest BCUT2D eigenvalue weighted by molar-refractivity contribution is 9.10. The average Bonchev–Trinajstić information content (AvgIpc) is 2.54. The highest BCUT2D eigenvalue weighted by atomic mass is 79.9. The number of hydrogen-bond acceptors (Lipinski definition) is 3. The Kier molecular flexibility index (Phi) is 4.65. The lowest BCUT2D eigenvalue weighted by Gasteiger charge is -2.16. The van der Waals surface area contributed by atoms with Crippen LogP contribution >= 0.6 is 27.5 Å². The maximum atomic E-state index is 12.8. The van der Waals surface area contributed by atoms with Crippen molar-refractivity contribution in [1.29, 1.82) is 0 Å². The van der Waals surface area contributed by atoms with E-state index in [9.17, 15) is 9.59 Å². The van der Waals surface area contributed by atoms with Gasteiger partial charge in [0.25, 0.3) is 0 Å². The molecule has 0 bridgehead atoms. The molecule has 0 spiro atoms. The molecule has 2 aromatic carbocycles. The summed E-state index contributed by atoms with van der Waals surface area (Å²) in [5.74, 6) is -0.364. The molecule has 1 heterocycles. The number of fused-ring (bicyclic) bond motifs is 2. The molecule has 6 heteroatoms. The molecule has 4 nitrogen and oxygen atoms in total. The monoisotopic (exact) mass is 407 g/mol. The zero-order valence-corrected chi connectivity index (χ0v) is 15.6. The molecular formula is C18H15BrClNO3. The van der Waals surface area contributed by atoms with Gasteiger partial charge in [0.15, 0.2) is 5.43 Å². The topological polar surface area (TPSA) is 48.3 Å². The Labute approximate surface area is 152 Å². The van der Waals surface area contributed by atoms with Gasteiger partial charge in [-0.15, -0.1) is 0 Å². The molecule has 0 amide bonds. The van der Waals surface area contributed by atoms with Gasteiger partial charge in [0.1, 0.15) is 6.54 Å². The second kappa shape index (κ2) is 6.57. The Bertz CT molecular complexity index is 1030. The molecule has 24 heavy (non-hydrogen) atoms. The number of carbonyl (C=O) groups excluding carboxylic acids is 1. The Morgan fingerprint density at radius 3 is 2.67 bits per heavy atom. The van der Waals surface area contributed by atoms with Crippen LogP contribution in [0.4, 0.5) is 0 Å². The number of pyridine rings is 1. The van der Waals surface area contributed by atoms with Crippen molar-refractivity contribution in [2.24, 2.45) is 0 Å². The maximum absolute atomic E-state index is 12.8. The number of esters is 1. The van der Waals surface area contributed by atoms with Gasteiger partial charge in [-0.05, 0) is 59.6 Å². The van der Waals surface area contributed by atoms with E-state index in [0.29, 0.717) is 37.9 Å². The summed E-state index contributed by atoms with van der Waals surface area (Å²) in [6, 6.07) is 8.92. The number of aryl methyl sites for hydroxylation is 1. The molecule has 3 rings (SSSR count). The smallest absolute Gasteiger partial charge is 0.325 e. The number of ether oxygens (including phenoxy) is 1. The van der Waals surface area contributed by atoms with Crippen molar-refractivity contribution >= 4 is 55.3 Å². The number of hydrogen-bond donors (Lipinski definition) is 0. The van der Waals surface area contributed by atoms with E-state index >= 15 is 0 Å². The van der Waals surface area contributed by atoms with Crippen LogP contribution in [0.1, 0.15) is 12.5 Å². The van der Waals surface area contributed by atoms with E-state index < -0.39 is 0 Å². The number of carbonyl (C=O) groups is 1. The van der Waals surface area contributed by atoms with Crippen molar-refractivity contribution in [3.8, 4) is 0 Å². The van der Waals surface area contributed by atoms with E-state index in [1.165, 1.54) is 0 Å². The van der Waals surface area contributed by atoms with Crippen LogP contribution in [0.5, 0.6) is 0 Å². The molecule has 124 valence electrons. The van der Waals surface area contributed by atoms with Crippen LogP contribution in [0.3, 0.4) is 0 Å². The Balaban J connectivity index is 2.47. The SMILES string of the molecule is CCOC(=O)Cn1c2cc(C)ccc2c(=O)c2ccc(Cl)c(Br)c21. The molecule has 1 aromatic heterocycles. The van der Waals surface area contributed by atoms with Crippen molar-refractivity contribution in [3.05, 3.63) is 55.6 Å². The third-order valence-corrected chi connectivity index (χ3v) is 5.21. The minimum Gasteiger partial charge on any atom is -0.465 e. The van der Waals surface area contributed by atoms with Crippen LogP contribution in [0.2, 0.25) is 5.02 Å². The van der Waals surface area contributed by atoms with Crippen molar-refractivity contribution < 1.29 is 9.53 Å². The van der Waals surface area contributed by atoms with Gasteiger partial charge in [-0.3, -0.25) is 9.59 Å². The summed E-state index contributed by atoms with van der Waals surface area (Å²) in [5, 5.41) is 1.55. The second-order valence-corrected chi connectivity index (χ2v) is 6.70. The summed E-state index contributed by atoms with van der Waals surface area (Å²) in [5.41, 5.74) is 2.19. The van der Waals surface area contributed by atoms with Crippen LogP contribution in [0.25, 0.3) is 21.8 Å². The molecule has 0 unspecified atom stereocenters. The van der Waals surface area contributed by atoms with Crippen molar-refractivity contribution in [3.63, 3.8) is 0 Å². The van der Waals surface area contributed by atoms with E-state index in [1.807, 2.05) is 19.1 Å². The molecule has 3 aromatic rings. The number of nitrogens with zero attached hydrogens (tertiary/aromatic N) is 1. The van der Waals surface area contributed by atoms with Gasteiger partial charge in [0.2, 0.25) is 0 Å². The fraction of sp³-hybridized carbons (Fsp3) is 0.222. The van der Waals surface area contributed by atoms with Gasteiger partial charge in [-0.2, -0.15) is 0 Å².